The molecule has 3 amide bonds. The van der Waals surface area contributed by atoms with Crippen molar-refractivity contribution in [1.29, 1.82) is 0 Å². The molecule has 4 heterocycles. The molecular formula is C18H20N8O6S4. The molecule has 0 radical (unpaired) electrons. The van der Waals surface area contributed by atoms with Crippen LogP contribution in [0.1, 0.15) is 5.69 Å². The first kappa shape index (κ1) is 26.3. The van der Waals surface area contributed by atoms with Gasteiger partial charge in [0, 0.05) is 30.0 Å². The molecule has 18 heteroatoms. The standard InChI is InChI=1S/C18H20N8O6S4/c19-1-2-32-25-10(9-3-33-16(22-9)20-7-27)12(28)23-11-13(29)26-4-18(15(30)31,5-34-14(11)26)6-35-17-24-21-8-36-17/h3,7-8,11,14H,1-2,4-6,19H2,(H,23,28)(H,30,31)(H,20,22,27)/t11?,14-,18?/m1/s1. The third-order valence-corrected chi connectivity index (χ3v) is 9.72. The average molecular weight is 573 g/mol. The van der Waals surface area contributed by atoms with E-state index < -0.39 is 34.6 Å². The van der Waals surface area contributed by atoms with Crippen molar-refractivity contribution >= 4 is 81.2 Å². The van der Waals surface area contributed by atoms with E-state index in [-0.39, 0.29) is 47.7 Å². The second kappa shape index (κ2) is 11.5. The van der Waals surface area contributed by atoms with Gasteiger partial charge in [-0.05, 0) is 0 Å². The number of β-lactam (4-membered cyclic amide) rings is 1. The number of anilines is 1. The van der Waals surface area contributed by atoms with Crippen molar-refractivity contribution in [1.82, 2.24) is 25.4 Å². The first-order valence-corrected chi connectivity index (χ1v) is 14.1. The van der Waals surface area contributed by atoms with Gasteiger partial charge in [-0.15, -0.1) is 33.3 Å². The first-order valence-electron chi connectivity index (χ1n) is 10.3. The number of oxime groups is 1. The number of nitrogens with zero attached hydrogens (tertiary/aromatic N) is 5. The number of aromatic nitrogens is 3. The van der Waals surface area contributed by atoms with Crippen LogP contribution in [-0.2, 0) is 24.0 Å². The molecule has 2 aliphatic rings. The highest BCUT2D eigenvalue weighted by Gasteiger charge is 2.57. The number of carbonyl (C=O) groups excluding carboxylic acids is 3. The van der Waals surface area contributed by atoms with Gasteiger partial charge in [0.2, 0.25) is 12.3 Å². The molecule has 2 unspecified atom stereocenters. The van der Waals surface area contributed by atoms with E-state index in [2.05, 4.69) is 31.0 Å². The van der Waals surface area contributed by atoms with E-state index in [1.807, 2.05) is 0 Å². The van der Waals surface area contributed by atoms with Crippen molar-refractivity contribution in [3.63, 3.8) is 0 Å². The van der Waals surface area contributed by atoms with Gasteiger partial charge in [-0.25, -0.2) is 4.98 Å². The number of amides is 3. The number of fused-ring (bicyclic) bond motifs is 1. The van der Waals surface area contributed by atoms with E-state index in [1.165, 1.54) is 45.1 Å². The largest absolute Gasteiger partial charge is 0.481 e. The lowest BCUT2D eigenvalue weighted by Gasteiger charge is -2.53. The fraction of sp³-hybridized carbons (Fsp3) is 0.444. The predicted octanol–water partition coefficient (Wildman–Crippen LogP) is -0.494. The van der Waals surface area contributed by atoms with Crippen LogP contribution >= 0.6 is 46.2 Å². The quantitative estimate of drug-likeness (QED) is 0.0635. The maximum absolute atomic E-state index is 13.0. The Labute approximate surface area is 220 Å². The molecule has 2 aliphatic heterocycles. The Morgan fingerprint density at radius 1 is 1.44 bits per heavy atom. The van der Waals surface area contributed by atoms with E-state index in [0.717, 1.165) is 11.3 Å². The lowest BCUT2D eigenvalue weighted by molar-refractivity contribution is -0.157. The summed E-state index contributed by atoms with van der Waals surface area (Å²) >= 11 is 4.98. The van der Waals surface area contributed by atoms with Crippen LogP contribution in [0.15, 0.2) is 20.4 Å². The minimum Gasteiger partial charge on any atom is -0.481 e. The van der Waals surface area contributed by atoms with Gasteiger partial charge in [0.25, 0.3) is 5.91 Å². The third kappa shape index (κ3) is 5.46. The summed E-state index contributed by atoms with van der Waals surface area (Å²) in [5.41, 5.74) is 5.79. The van der Waals surface area contributed by atoms with Crippen LogP contribution in [-0.4, -0.2) is 97.7 Å². The lowest BCUT2D eigenvalue weighted by atomic mass is 9.89. The van der Waals surface area contributed by atoms with E-state index in [9.17, 15) is 24.3 Å². The SMILES string of the molecule is NCCON=C(C(=O)NC1C(=O)N2CC(CSc3nncs3)(C(=O)O)CS[C@H]12)c1csc(NC=O)n1. The van der Waals surface area contributed by atoms with Crippen LogP contribution in [0.25, 0.3) is 0 Å². The van der Waals surface area contributed by atoms with E-state index in [4.69, 9.17) is 10.6 Å². The number of aliphatic carboxylic acids is 1. The van der Waals surface area contributed by atoms with Gasteiger partial charge < -0.3 is 31.2 Å². The lowest BCUT2D eigenvalue weighted by Crippen LogP contribution is -2.74. The topological polar surface area (TPSA) is 202 Å². The summed E-state index contributed by atoms with van der Waals surface area (Å²) in [5, 5.41) is 27.8. The maximum Gasteiger partial charge on any atom is 0.313 e. The van der Waals surface area contributed by atoms with Crippen molar-refractivity contribution in [2.75, 3.05) is 36.5 Å². The Hall–Kier alpha value is -2.80. The Balaban J connectivity index is 1.43. The number of nitrogens with one attached hydrogen (secondary N) is 2. The molecule has 4 rings (SSSR count). The molecule has 2 fully saturated rings. The van der Waals surface area contributed by atoms with Gasteiger partial charge in [-0.1, -0.05) is 28.3 Å². The molecule has 2 aromatic heterocycles. The Bertz CT molecular complexity index is 1160. The summed E-state index contributed by atoms with van der Waals surface area (Å²) in [6.07, 6.45) is 0.454. The number of hydrogen-bond acceptors (Lipinski definition) is 14. The number of nitrogens with two attached hydrogens (primary N) is 1. The van der Waals surface area contributed by atoms with Crippen LogP contribution < -0.4 is 16.4 Å². The van der Waals surface area contributed by atoms with Gasteiger partial charge >= 0.3 is 5.97 Å². The van der Waals surface area contributed by atoms with Gasteiger partial charge in [-0.2, -0.15) is 0 Å². The zero-order valence-corrected chi connectivity index (χ0v) is 21.6. The highest BCUT2D eigenvalue weighted by atomic mass is 32.2. The Morgan fingerprint density at radius 2 is 2.28 bits per heavy atom. The highest BCUT2D eigenvalue weighted by molar-refractivity contribution is 8.01. The molecule has 0 spiro atoms. The fourth-order valence-electron chi connectivity index (χ4n) is 3.41. The van der Waals surface area contributed by atoms with Crippen molar-refractivity contribution in [2.45, 2.75) is 15.8 Å². The molecule has 14 nitrogen and oxygen atoms in total. The smallest absolute Gasteiger partial charge is 0.313 e. The van der Waals surface area contributed by atoms with Gasteiger partial charge in [0.15, 0.2) is 15.2 Å². The van der Waals surface area contributed by atoms with Crippen LogP contribution in [0.3, 0.4) is 0 Å². The number of carbonyl (C=O) groups is 4. The molecule has 2 aromatic rings. The molecule has 3 atom stereocenters. The van der Waals surface area contributed by atoms with Crippen LogP contribution in [0, 0.1) is 5.41 Å². The molecule has 192 valence electrons. The Morgan fingerprint density at radius 3 is 2.97 bits per heavy atom. The number of rotatable bonds is 12. The molecule has 2 saturated heterocycles. The van der Waals surface area contributed by atoms with Crippen LogP contribution in [0.4, 0.5) is 5.13 Å². The van der Waals surface area contributed by atoms with Gasteiger partial charge in [0.1, 0.15) is 34.6 Å². The van der Waals surface area contributed by atoms with E-state index >= 15 is 0 Å². The zero-order chi connectivity index (χ0) is 25.7. The minimum absolute atomic E-state index is 0.0182. The number of hydrogen-bond donors (Lipinski definition) is 4. The van der Waals surface area contributed by atoms with Gasteiger partial charge in [0.05, 0.1) is 0 Å². The average Bonchev–Trinajstić information content (AvgIpc) is 3.56. The summed E-state index contributed by atoms with van der Waals surface area (Å²) in [5.74, 6) is -1.61. The molecule has 0 bridgehead atoms. The van der Waals surface area contributed by atoms with Crippen LogP contribution in [0.5, 0.6) is 0 Å². The van der Waals surface area contributed by atoms with Crippen LogP contribution in [0.2, 0.25) is 0 Å². The summed E-state index contributed by atoms with van der Waals surface area (Å²) in [6, 6.07) is -0.865. The summed E-state index contributed by atoms with van der Waals surface area (Å²) in [7, 11) is 0. The van der Waals surface area contributed by atoms with E-state index in [0.29, 0.717) is 10.7 Å². The third-order valence-electron chi connectivity index (χ3n) is 5.21. The normalized spacial score (nSPS) is 23.4. The van der Waals surface area contributed by atoms with Crippen molar-refractivity contribution < 1.29 is 29.1 Å². The molecule has 0 aliphatic carbocycles. The molecule has 36 heavy (non-hydrogen) atoms. The minimum atomic E-state index is -1.16. The highest BCUT2D eigenvalue weighted by Crippen LogP contribution is 2.44. The summed E-state index contributed by atoms with van der Waals surface area (Å²) in [6.45, 7) is 0.247. The molecule has 0 saturated carbocycles. The number of carboxylic acid groups (broad SMARTS) is 1. The molecular weight excluding hydrogens is 553 g/mol. The monoisotopic (exact) mass is 572 g/mol. The van der Waals surface area contributed by atoms with Gasteiger partial charge in [-0.3, -0.25) is 19.2 Å². The summed E-state index contributed by atoms with van der Waals surface area (Å²) < 4.78 is 0.653. The Kier molecular flexibility index (Phi) is 8.39. The second-order valence-corrected chi connectivity index (χ2v) is 11.6. The summed E-state index contributed by atoms with van der Waals surface area (Å²) in [4.78, 5) is 59.4. The number of thioether (sulfide) groups is 2. The second-order valence-electron chi connectivity index (χ2n) is 7.56. The number of carboxylic acids is 1. The molecule has 5 N–H and O–H groups in total. The number of thiazole rings is 1. The maximum atomic E-state index is 13.0. The molecule has 0 aromatic carbocycles. The van der Waals surface area contributed by atoms with Crippen molar-refractivity contribution in [3.8, 4) is 0 Å². The van der Waals surface area contributed by atoms with Crippen molar-refractivity contribution in [2.24, 2.45) is 16.3 Å². The zero-order valence-electron chi connectivity index (χ0n) is 18.4. The fourth-order valence-corrected chi connectivity index (χ4v) is 7.41. The predicted molar refractivity (Wildman–Crippen MR) is 134 cm³/mol. The van der Waals surface area contributed by atoms with E-state index in [1.54, 1.807) is 5.51 Å². The van der Waals surface area contributed by atoms with Crippen molar-refractivity contribution in [3.05, 3.63) is 16.6 Å². The first-order chi connectivity index (χ1) is 17.4.